The first-order valence-electron chi connectivity index (χ1n) is 8.68. The molecule has 1 amide bonds. The van der Waals surface area contributed by atoms with Gasteiger partial charge in [-0.3, -0.25) is 14.7 Å². The van der Waals surface area contributed by atoms with Gasteiger partial charge in [-0.15, -0.1) is 11.3 Å². The summed E-state index contributed by atoms with van der Waals surface area (Å²) in [6, 6.07) is 11.3. The number of rotatable bonds is 4. The number of piperidine rings is 1. The summed E-state index contributed by atoms with van der Waals surface area (Å²) in [4.78, 5) is 28.2. The van der Waals surface area contributed by atoms with Gasteiger partial charge in [0.15, 0.2) is 5.78 Å². The fourth-order valence-electron chi connectivity index (χ4n) is 3.42. The van der Waals surface area contributed by atoms with Crippen LogP contribution in [-0.2, 0) is 0 Å². The molecule has 3 heterocycles. The molecule has 0 radical (unpaired) electrons. The van der Waals surface area contributed by atoms with Crippen LogP contribution in [0.25, 0.3) is 11.1 Å². The lowest BCUT2D eigenvalue weighted by Gasteiger charge is -2.32. The first-order chi connectivity index (χ1) is 12.7. The monoisotopic (exact) mass is 365 g/mol. The Morgan fingerprint density at radius 3 is 2.88 bits per heavy atom. The Morgan fingerprint density at radius 1 is 1.19 bits per heavy atom. The first kappa shape index (κ1) is 16.7. The van der Waals surface area contributed by atoms with Crippen LogP contribution in [0.3, 0.4) is 0 Å². The molecule has 4 rings (SSSR count). The second-order valence-corrected chi connectivity index (χ2v) is 7.45. The smallest absolute Gasteiger partial charge is 0.253 e. The van der Waals surface area contributed by atoms with Crippen molar-refractivity contribution in [2.45, 2.75) is 12.8 Å². The molecule has 1 aliphatic rings. The van der Waals surface area contributed by atoms with E-state index >= 15 is 0 Å². The summed E-state index contributed by atoms with van der Waals surface area (Å²) in [5, 5.41) is 8.67. The third-order valence-electron chi connectivity index (χ3n) is 4.78. The predicted octanol–water partition coefficient (Wildman–Crippen LogP) is 3.87. The first-order valence-corrected chi connectivity index (χ1v) is 9.56. The molecule has 3 aromatic rings. The van der Waals surface area contributed by atoms with E-state index in [1.807, 2.05) is 46.7 Å². The number of amides is 1. The number of nitrogens with one attached hydrogen (secondary N) is 1. The molecule has 0 aliphatic carbocycles. The van der Waals surface area contributed by atoms with Crippen LogP contribution in [-0.4, -0.2) is 39.9 Å². The average Bonchev–Trinajstić information content (AvgIpc) is 3.41. The highest BCUT2D eigenvalue weighted by Gasteiger charge is 2.30. The number of aromatic nitrogens is 2. The summed E-state index contributed by atoms with van der Waals surface area (Å²) in [6.45, 7) is 1.19. The van der Waals surface area contributed by atoms with Crippen molar-refractivity contribution in [3.8, 4) is 11.1 Å². The number of thiophene rings is 1. The lowest BCUT2D eigenvalue weighted by molar-refractivity contribution is 0.0638. The van der Waals surface area contributed by atoms with Crippen LogP contribution in [0, 0.1) is 5.92 Å². The van der Waals surface area contributed by atoms with E-state index in [0.29, 0.717) is 18.7 Å². The zero-order chi connectivity index (χ0) is 17.9. The summed E-state index contributed by atoms with van der Waals surface area (Å²) in [7, 11) is 0. The van der Waals surface area contributed by atoms with Crippen LogP contribution < -0.4 is 0 Å². The Morgan fingerprint density at radius 2 is 2.12 bits per heavy atom. The third kappa shape index (κ3) is 3.32. The van der Waals surface area contributed by atoms with Crippen molar-refractivity contribution in [2.75, 3.05) is 13.1 Å². The molecule has 1 aliphatic heterocycles. The van der Waals surface area contributed by atoms with Crippen molar-refractivity contribution < 1.29 is 9.59 Å². The molecule has 0 saturated carbocycles. The Labute approximate surface area is 155 Å². The standard InChI is InChI=1S/C20H19N3O2S/c24-19(18-7-3-9-26-18)16-6-2-8-23(13-16)20(25)15-5-1-4-14(10-15)17-11-21-22-12-17/h1,3-5,7,9-12,16H,2,6,8,13H2,(H,21,22). The summed E-state index contributed by atoms with van der Waals surface area (Å²) in [5.74, 6) is 0.0343. The number of carbonyl (C=O) groups is 2. The number of hydrogen-bond acceptors (Lipinski definition) is 4. The molecular formula is C20H19N3O2S. The van der Waals surface area contributed by atoms with Gasteiger partial charge >= 0.3 is 0 Å². The van der Waals surface area contributed by atoms with E-state index in [0.717, 1.165) is 28.8 Å². The maximum atomic E-state index is 13.0. The summed E-state index contributed by atoms with van der Waals surface area (Å²) in [5.41, 5.74) is 2.55. The van der Waals surface area contributed by atoms with Crippen molar-refractivity contribution >= 4 is 23.0 Å². The molecule has 0 spiro atoms. The van der Waals surface area contributed by atoms with E-state index in [-0.39, 0.29) is 17.6 Å². The lowest BCUT2D eigenvalue weighted by atomic mass is 9.92. The van der Waals surface area contributed by atoms with E-state index in [9.17, 15) is 9.59 Å². The minimum atomic E-state index is -0.108. The van der Waals surface area contributed by atoms with Crippen LogP contribution in [0.5, 0.6) is 0 Å². The van der Waals surface area contributed by atoms with Crippen LogP contribution in [0.4, 0.5) is 0 Å². The van der Waals surface area contributed by atoms with Gasteiger partial charge in [-0.05, 0) is 42.0 Å². The Kier molecular flexibility index (Phi) is 4.67. The molecule has 1 saturated heterocycles. The van der Waals surface area contributed by atoms with Gasteiger partial charge in [-0.2, -0.15) is 5.10 Å². The second kappa shape index (κ2) is 7.25. The van der Waals surface area contributed by atoms with Crippen molar-refractivity contribution in [3.63, 3.8) is 0 Å². The molecular weight excluding hydrogens is 346 g/mol. The number of Topliss-reactive ketones (excluding diaryl/α,β-unsaturated/α-hetero) is 1. The Bertz CT molecular complexity index is 903. The van der Waals surface area contributed by atoms with Crippen LogP contribution in [0.1, 0.15) is 32.9 Å². The van der Waals surface area contributed by atoms with E-state index in [1.54, 1.807) is 12.4 Å². The van der Waals surface area contributed by atoms with Crippen LogP contribution in [0.15, 0.2) is 54.2 Å². The zero-order valence-corrected chi connectivity index (χ0v) is 15.0. The van der Waals surface area contributed by atoms with Gasteiger partial charge < -0.3 is 4.90 Å². The highest BCUT2D eigenvalue weighted by atomic mass is 32.1. The van der Waals surface area contributed by atoms with Gasteiger partial charge in [0.2, 0.25) is 0 Å². The minimum absolute atomic E-state index is 0.0148. The largest absolute Gasteiger partial charge is 0.338 e. The SMILES string of the molecule is O=C(c1cccs1)C1CCCN(C(=O)c2cccc(-c3cn[nH]c3)c2)C1. The molecule has 1 fully saturated rings. The summed E-state index contributed by atoms with van der Waals surface area (Å²) in [6.07, 6.45) is 5.24. The molecule has 132 valence electrons. The van der Waals surface area contributed by atoms with E-state index < -0.39 is 0 Å². The van der Waals surface area contributed by atoms with Gasteiger partial charge in [-0.1, -0.05) is 18.2 Å². The number of aromatic amines is 1. The van der Waals surface area contributed by atoms with Gasteiger partial charge in [0, 0.05) is 36.3 Å². The zero-order valence-electron chi connectivity index (χ0n) is 14.2. The Balaban J connectivity index is 1.51. The fraction of sp³-hybridized carbons (Fsp3) is 0.250. The molecule has 5 nitrogen and oxygen atoms in total. The Hall–Kier alpha value is -2.73. The molecule has 1 aromatic carbocycles. The maximum absolute atomic E-state index is 13.0. The number of benzene rings is 1. The molecule has 0 bridgehead atoms. The maximum Gasteiger partial charge on any atom is 0.253 e. The number of ketones is 1. The van der Waals surface area contributed by atoms with Crippen LogP contribution in [0.2, 0.25) is 0 Å². The second-order valence-electron chi connectivity index (χ2n) is 6.50. The van der Waals surface area contributed by atoms with E-state index in [4.69, 9.17) is 0 Å². The number of nitrogens with zero attached hydrogens (tertiary/aromatic N) is 2. The fourth-order valence-corrected chi connectivity index (χ4v) is 4.16. The topological polar surface area (TPSA) is 66.1 Å². The molecule has 1 unspecified atom stereocenters. The third-order valence-corrected chi connectivity index (χ3v) is 5.67. The number of H-pyrrole nitrogens is 1. The van der Waals surface area contributed by atoms with E-state index in [2.05, 4.69) is 10.2 Å². The van der Waals surface area contributed by atoms with Crippen molar-refractivity contribution in [2.24, 2.45) is 5.92 Å². The average molecular weight is 365 g/mol. The quantitative estimate of drug-likeness (QED) is 0.714. The number of hydrogen-bond donors (Lipinski definition) is 1. The summed E-state index contributed by atoms with van der Waals surface area (Å²) >= 11 is 1.47. The highest BCUT2D eigenvalue weighted by Crippen LogP contribution is 2.25. The van der Waals surface area contributed by atoms with Gasteiger partial charge in [-0.25, -0.2) is 0 Å². The van der Waals surface area contributed by atoms with Crippen molar-refractivity contribution in [3.05, 3.63) is 64.6 Å². The molecule has 26 heavy (non-hydrogen) atoms. The summed E-state index contributed by atoms with van der Waals surface area (Å²) < 4.78 is 0. The molecule has 6 heteroatoms. The number of likely N-dealkylation sites (tertiary alicyclic amines) is 1. The molecule has 2 aromatic heterocycles. The van der Waals surface area contributed by atoms with Crippen LogP contribution >= 0.6 is 11.3 Å². The van der Waals surface area contributed by atoms with Gasteiger partial charge in [0.05, 0.1) is 11.1 Å². The van der Waals surface area contributed by atoms with Gasteiger partial charge in [0.1, 0.15) is 0 Å². The van der Waals surface area contributed by atoms with Gasteiger partial charge in [0.25, 0.3) is 5.91 Å². The number of carbonyl (C=O) groups excluding carboxylic acids is 2. The molecule has 1 N–H and O–H groups in total. The highest BCUT2D eigenvalue weighted by molar-refractivity contribution is 7.12. The lowest BCUT2D eigenvalue weighted by Crippen LogP contribution is -2.42. The van der Waals surface area contributed by atoms with E-state index in [1.165, 1.54) is 11.3 Å². The van der Waals surface area contributed by atoms with Crippen molar-refractivity contribution in [1.82, 2.24) is 15.1 Å². The normalized spacial score (nSPS) is 17.2. The molecule has 1 atom stereocenters. The minimum Gasteiger partial charge on any atom is -0.338 e. The predicted molar refractivity (Wildman–Crippen MR) is 101 cm³/mol. The van der Waals surface area contributed by atoms with Crippen molar-refractivity contribution in [1.29, 1.82) is 0 Å².